The van der Waals surface area contributed by atoms with Crippen molar-refractivity contribution in [3.05, 3.63) is 46.1 Å². The van der Waals surface area contributed by atoms with Crippen LogP contribution in [0, 0.1) is 24.2 Å². The maximum absolute atomic E-state index is 13.8. The topological polar surface area (TPSA) is 72.4 Å². The number of halogens is 4. The zero-order valence-electron chi connectivity index (χ0n) is 21.4. The van der Waals surface area contributed by atoms with Crippen molar-refractivity contribution in [1.82, 2.24) is 14.9 Å². The van der Waals surface area contributed by atoms with Crippen LogP contribution in [0.15, 0.2) is 24.4 Å². The number of thiophene rings is 1. The minimum absolute atomic E-state index is 0.129. The monoisotopic (exact) mass is 657 g/mol. The molecule has 2 fully saturated rings. The number of rotatable bonds is 8. The van der Waals surface area contributed by atoms with Crippen LogP contribution in [-0.2, 0) is 33.5 Å². The predicted octanol–water partition coefficient (Wildman–Crippen LogP) is 6.21. The van der Waals surface area contributed by atoms with Gasteiger partial charge >= 0.3 is 6.18 Å². The molecule has 6 nitrogen and oxygen atoms in total. The first-order chi connectivity index (χ1) is 17.9. The Kier molecular flexibility index (Phi) is 7.09. The number of likely N-dealkylation sites (tertiary alicyclic amines) is 1. The Labute approximate surface area is 236 Å². The van der Waals surface area contributed by atoms with E-state index in [1.54, 1.807) is 25.3 Å². The lowest BCUT2D eigenvalue weighted by molar-refractivity contribution is -0.144. The van der Waals surface area contributed by atoms with Gasteiger partial charge in [-0.1, -0.05) is 36.4 Å². The van der Waals surface area contributed by atoms with E-state index in [0.29, 0.717) is 44.4 Å². The van der Waals surface area contributed by atoms with Gasteiger partial charge in [0.05, 0.1) is 40.4 Å². The summed E-state index contributed by atoms with van der Waals surface area (Å²) in [6, 6.07) is 4.56. The molecular weight excluding hydrogens is 630 g/mol. The number of aryl methyl sites for hydroxylation is 1. The van der Waals surface area contributed by atoms with Crippen molar-refractivity contribution >= 4 is 56.0 Å². The number of carbonyl (C=O) groups is 2. The van der Waals surface area contributed by atoms with E-state index in [2.05, 4.69) is 32.6 Å². The molecule has 202 valence electrons. The molecule has 0 spiro atoms. The number of imide groups is 1. The number of alkyl halides is 4. The highest BCUT2D eigenvalue weighted by Gasteiger charge is 2.72. The fourth-order valence-electron chi connectivity index (χ4n) is 5.51. The first-order valence-corrected chi connectivity index (χ1v) is 14.7. The van der Waals surface area contributed by atoms with E-state index in [4.69, 9.17) is 4.74 Å². The molecular formula is C27H27F3IN3O3S. The normalized spacial score (nSPS) is 21.3. The number of hydrogen-bond donors (Lipinski definition) is 0. The molecule has 38 heavy (non-hydrogen) atoms. The second-order valence-corrected chi connectivity index (χ2v) is 12.4. The zero-order valence-corrected chi connectivity index (χ0v) is 24.3. The van der Waals surface area contributed by atoms with E-state index in [0.717, 1.165) is 10.9 Å². The molecule has 1 aliphatic heterocycles. The maximum atomic E-state index is 13.8. The lowest BCUT2D eigenvalue weighted by Gasteiger charge is -2.20. The van der Waals surface area contributed by atoms with Gasteiger partial charge in [0.2, 0.25) is 11.8 Å². The van der Waals surface area contributed by atoms with Gasteiger partial charge in [-0.3, -0.25) is 19.5 Å². The molecule has 3 aromatic rings. The molecule has 3 aromatic heterocycles. The highest BCUT2D eigenvalue weighted by Crippen LogP contribution is 2.63. The summed E-state index contributed by atoms with van der Waals surface area (Å²) in [5.41, 5.74) is 1.33. The summed E-state index contributed by atoms with van der Waals surface area (Å²) in [7, 11) is 0. The number of aromatic nitrogens is 2. The Bertz CT molecular complexity index is 1410. The molecule has 11 heteroatoms. The molecule has 1 aliphatic carbocycles. The number of ether oxygens (including phenoxy) is 1. The van der Waals surface area contributed by atoms with Gasteiger partial charge < -0.3 is 4.74 Å². The van der Waals surface area contributed by atoms with Crippen LogP contribution in [0.5, 0.6) is 0 Å². The average molecular weight is 657 g/mol. The average Bonchev–Trinajstić information content (AvgIpc) is 3.10. The van der Waals surface area contributed by atoms with Gasteiger partial charge in [-0.2, -0.15) is 13.2 Å². The fourth-order valence-corrected chi connectivity index (χ4v) is 7.20. The Hall–Kier alpha value is -2.12. The van der Waals surface area contributed by atoms with E-state index in [1.807, 2.05) is 20.8 Å². The third-order valence-electron chi connectivity index (χ3n) is 7.57. The number of fused-ring (bicyclic) bond motifs is 2. The molecule has 4 heterocycles. The lowest BCUT2D eigenvalue weighted by Crippen LogP contribution is -2.35. The minimum atomic E-state index is -4.60. The largest absolute Gasteiger partial charge is 0.433 e. The highest BCUT2D eigenvalue weighted by molar-refractivity contribution is 14.1. The second-order valence-electron chi connectivity index (χ2n) is 10.4. The molecule has 1 saturated carbocycles. The van der Waals surface area contributed by atoms with Crippen molar-refractivity contribution in [3.63, 3.8) is 0 Å². The van der Waals surface area contributed by atoms with Crippen molar-refractivity contribution in [2.75, 3.05) is 11.0 Å². The van der Waals surface area contributed by atoms with Crippen molar-refractivity contribution in [3.8, 4) is 11.3 Å². The summed E-state index contributed by atoms with van der Waals surface area (Å²) >= 11 is 3.54. The van der Waals surface area contributed by atoms with Gasteiger partial charge in [-0.05, 0) is 48.6 Å². The number of carbonyl (C=O) groups excluding carboxylic acids is 2. The molecule has 3 atom stereocenters. The van der Waals surface area contributed by atoms with Crippen LogP contribution >= 0.6 is 33.9 Å². The van der Waals surface area contributed by atoms with Crippen molar-refractivity contribution in [2.24, 2.45) is 17.3 Å². The highest BCUT2D eigenvalue weighted by atomic mass is 127. The standard InChI is InChI=1S/C27H27F3IN3O3S/c1-5-37-14(11-31)9-17-13(2)8-19(27(28,29)30)33-22(17)16-6-7-32-18-10-15(38-23(16)18)12-34-24(35)20-21(25(34)36)26(20,3)4/h6-8,10,14,20-21H,5,9,11-12H2,1-4H3/t14-,20?,21?/m1/s1. The molecule has 2 unspecified atom stereocenters. The van der Waals surface area contributed by atoms with Crippen LogP contribution in [-0.4, -0.2) is 43.8 Å². The SMILES string of the molecule is CCO[C@@H](CI)Cc1c(C)cc(C(F)(F)F)nc1-c1ccnc2cc(CN3C(=O)C4C(C3=O)C4(C)C)sc12. The Morgan fingerprint density at radius 1 is 1.21 bits per heavy atom. The molecule has 2 aliphatic rings. The van der Waals surface area contributed by atoms with Gasteiger partial charge in [0.25, 0.3) is 0 Å². The van der Waals surface area contributed by atoms with E-state index >= 15 is 0 Å². The van der Waals surface area contributed by atoms with Gasteiger partial charge in [0.15, 0.2) is 0 Å². The quantitative estimate of drug-likeness (QED) is 0.164. The number of pyridine rings is 2. The van der Waals surface area contributed by atoms with E-state index < -0.39 is 11.9 Å². The third-order valence-corrected chi connectivity index (χ3v) is 9.69. The molecule has 0 aromatic carbocycles. The number of amides is 2. The van der Waals surface area contributed by atoms with Crippen LogP contribution < -0.4 is 0 Å². The van der Waals surface area contributed by atoms with Crippen LogP contribution in [0.2, 0.25) is 0 Å². The van der Waals surface area contributed by atoms with Crippen LogP contribution in [0.4, 0.5) is 13.2 Å². The van der Waals surface area contributed by atoms with Gasteiger partial charge in [0.1, 0.15) is 5.69 Å². The lowest BCUT2D eigenvalue weighted by atomic mass is 9.96. The zero-order chi connectivity index (χ0) is 27.6. The van der Waals surface area contributed by atoms with Gasteiger partial charge in [-0.25, -0.2) is 4.98 Å². The van der Waals surface area contributed by atoms with Crippen LogP contribution in [0.3, 0.4) is 0 Å². The van der Waals surface area contributed by atoms with Crippen LogP contribution in [0.25, 0.3) is 21.5 Å². The van der Waals surface area contributed by atoms with Crippen molar-refractivity contribution in [2.45, 2.75) is 52.9 Å². The first-order valence-electron chi connectivity index (χ1n) is 12.4. The summed E-state index contributed by atoms with van der Waals surface area (Å²) in [6.45, 7) is 8.04. The van der Waals surface area contributed by atoms with E-state index in [-0.39, 0.29) is 47.4 Å². The van der Waals surface area contributed by atoms with Gasteiger partial charge in [-0.15, -0.1) is 11.3 Å². The summed E-state index contributed by atoms with van der Waals surface area (Å²) < 4.78 is 48.5. The Morgan fingerprint density at radius 3 is 2.50 bits per heavy atom. The molecule has 0 N–H and O–H groups in total. The Morgan fingerprint density at radius 2 is 1.89 bits per heavy atom. The van der Waals surface area contributed by atoms with Crippen molar-refractivity contribution in [1.29, 1.82) is 0 Å². The smallest absolute Gasteiger partial charge is 0.377 e. The maximum Gasteiger partial charge on any atom is 0.433 e. The summed E-state index contributed by atoms with van der Waals surface area (Å²) in [4.78, 5) is 36.3. The predicted molar refractivity (Wildman–Crippen MR) is 147 cm³/mol. The number of hydrogen-bond acceptors (Lipinski definition) is 6. The van der Waals surface area contributed by atoms with Gasteiger partial charge in [0, 0.05) is 34.1 Å². The fraction of sp³-hybridized carbons (Fsp3) is 0.481. The molecule has 2 amide bonds. The molecule has 0 bridgehead atoms. The molecule has 5 rings (SSSR count). The summed E-state index contributed by atoms with van der Waals surface area (Å²) in [6.07, 6.45) is -2.80. The summed E-state index contributed by atoms with van der Waals surface area (Å²) in [5.74, 6) is -0.856. The number of piperidine rings is 1. The minimum Gasteiger partial charge on any atom is -0.377 e. The number of nitrogens with zero attached hydrogens (tertiary/aromatic N) is 3. The third kappa shape index (κ3) is 4.64. The van der Waals surface area contributed by atoms with Crippen LogP contribution in [0.1, 0.15) is 42.5 Å². The Balaban J connectivity index is 1.56. The molecule has 0 radical (unpaired) electrons. The van der Waals surface area contributed by atoms with E-state index in [9.17, 15) is 22.8 Å². The second kappa shape index (κ2) is 9.81. The van der Waals surface area contributed by atoms with E-state index in [1.165, 1.54) is 16.2 Å². The summed E-state index contributed by atoms with van der Waals surface area (Å²) in [5, 5.41) is 0. The molecule has 1 saturated heterocycles. The first kappa shape index (κ1) is 27.4. The van der Waals surface area contributed by atoms with Crippen molar-refractivity contribution < 1.29 is 27.5 Å².